The number of rotatable bonds is 14. The Morgan fingerprint density at radius 1 is 1.05 bits per heavy atom. The molecule has 1 unspecified atom stereocenters. The van der Waals surface area contributed by atoms with Crippen molar-refractivity contribution < 1.29 is 83.3 Å². The third-order valence-electron chi connectivity index (χ3n) is 7.13. The van der Waals surface area contributed by atoms with Gasteiger partial charge in [0.05, 0.1) is 34.9 Å². The number of para-hydroxylation sites is 1. The SMILES string of the molecule is CCOC(=O)C(C)OC(=O)c1cc(Oc2ccc(C(F)(F)F)cc2Cl)ccc1[N+](=O)[O-].Cc1ccn2nc(S(=O)(=O)Nc3c(F)cccc3F)nc2n1.O=C(O)CNCP(=O)(O)O. The first kappa shape index (κ1) is 51.0. The molecule has 5 rings (SSSR count). The number of hydrogen-bond donors (Lipinski definition) is 5. The van der Waals surface area contributed by atoms with E-state index in [-0.39, 0.29) is 28.9 Å². The number of carboxylic acid groups (broad SMARTS) is 1. The zero-order valence-electron chi connectivity index (χ0n) is 32.2. The number of nitrogens with zero attached hydrogens (tertiary/aromatic N) is 5. The summed E-state index contributed by atoms with van der Waals surface area (Å²) in [6, 6.07) is 9.98. The summed E-state index contributed by atoms with van der Waals surface area (Å²) in [5, 5.41) is 24.0. The van der Waals surface area contributed by atoms with Gasteiger partial charge in [-0.1, -0.05) is 17.7 Å². The molecule has 2 heterocycles. The van der Waals surface area contributed by atoms with E-state index in [2.05, 4.69) is 20.4 Å². The molecule has 21 nitrogen and oxygen atoms in total. The first-order chi connectivity index (χ1) is 29.2. The van der Waals surface area contributed by atoms with Crippen molar-refractivity contribution >= 4 is 64.3 Å². The van der Waals surface area contributed by atoms with E-state index in [0.717, 1.165) is 53.0 Å². The van der Waals surface area contributed by atoms with Crippen LogP contribution in [-0.2, 0) is 39.8 Å². The average molecular weight is 956 g/mol. The van der Waals surface area contributed by atoms with Crippen molar-refractivity contribution in [2.24, 2.45) is 0 Å². The number of nitro benzene ring substituents is 1. The van der Waals surface area contributed by atoms with E-state index in [4.69, 9.17) is 40.7 Å². The highest BCUT2D eigenvalue weighted by Gasteiger charge is 2.32. The molecule has 0 saturated carbocycles. The lowest BCUT2D eigenvalue weighted by Crippen LogP contribution is -2.26. The number of carboxylic acids is 1. The van der Waals surface area contributed by atoms with Crippen LogP contribution in [0.4, 0.5) is 33.3 Å². The Balaban J connectivity index is 0.000000285. The summed E-state index contributed by atoms with van der Waals surface area (Å²) in [4.78, 5) is 68.3. The van der Waals surface area contributed by atoms with E-state index >= 15 is 0 Å². The molecule has 29 heteroatoms. The molecule has 3 aromatic carbocycles. The number of sulfonamides is 1. The predicted octanol–water partition coefficient (Wildman–Crippen LogP) is 5.48. The molecule has 0 amide bonds. The van der Waals surface area contributed by atoms with Crippen LogP contribution in [0.2, 0.25) is 5.02 Å². The molecule has 0 fully saturated rings. The summed E-state index contributed by atoms with van der Waals surface area (Å²) in [6.07, 6.45) is -5.06. The highest BCUT2D eigenvalue weighted by Crippen LogP contribution is 2.37. The van der Waals surface area contributed by atoms with Gasteiger partial charge in [0.25, 0.3) is 26.6 Å². The first-order valence-electron chi connectivity index (χ1n) is 17.1. The van der Waals surface area contributed by atoms with Gasteiger partial charge < -0.3 is 29.1 Å². The molecule has 5 N–H and O–H groups in total. The molecule has 0 aliphatic rings. The molecule has 63 heavy (non-hydrogen) atoms. The minimum absolute atomic E-state index is 0.0398. The number of fused-ring (bicyclic) bond motifs is 1. The maximum absolute atomic E-state index is 13.5. The second kappa shape index (κ2) is 21.6. The summed E-state index contributed by atoms with van der Waals surface area (Å²) in [5.74, 6) is -5.52. The van der Waals surface area contributed by atoms with E-state index < -0.39 is 105 Å². The fourth-order valence-corrected chi connectivity index (χ4v) is 5.94. The van der Waals surface area contributed by atoms with Crippen molar-refractivity contribution in [3.05, 3.63) is 110 Å². The van der Waals surface area contributed by atoms with Crippen LogP contribution in [0.3, 0.4) is 0 Å². The Hall–Kier alpha value is -6.38. The molecule has 0 aliphatic heterocycles. The van der Waals surface area contributed by atoms with Gasteiger partial charge in [-0.15, -0.1) is 5.10 Å². The van der Waals surface area contributed by atoms with E-state index in [1.807, 2.05) is 0 Å². The van der Waals surface area contributed by atoms with Crippen molar-refractivity contribution in [1.82, 2.24) is 24.9 Å². The smallest absolute Gasteiger partial charge is 0.416 e. The molecule has 2 aromatic heterocycles. The minimum Gasteiger partial charge on any atom is -0.480 e. The Morgan fingerprint density at radius 2 is 1.70 bits per heavy atom. The molecule has 0 saturated heterocycles. The van der Waals surface area contributed by atoms with Crippen LogP contribution >= 0.6 is 19.2 Å². The average Bonchev–Trinajstić information content (AvgIpc) is 3.61. The number of carbonyl (C=O) groups is 3. The van der Waals surface area contributed by atoms with Crippen molar-refractivity contribution in [3.8, 4) is 11.5 Å². The first-order valence-corrected chi connectivity index (χ1v) is 20.7. The minimum atomic E-state index is -4.61. The maximum atomic E-state index is 13.5. The van der Waals surface area contributed by atoms with Gasteiger partial charge in [-0.2, -0.15) is 26.6 Å². The number of esters is 2. The lowest BCUT2D eigenvalue weighted by Gasteiger charge is -2.13. The second-order valence-electron chi connectivity index (χ2n) is 12.0. The number of aromatic nitrogens is 4. The number of aryl methyl sites for hydroxylation is 1. The van der Waals surface area contributed by atoms with Gasteiger partial charge in [0.15, 0.2) is 6.10 Å². The van der Waals surface area contributed by atoms with Crippen LogP contribution in [-0.4, -0.2) is 91.3 Å². The van der Waals surface area contributed by atoms with Gasteiger partial charge in [-0.25, -0.2) is 27.9 Å². The van der Waals surface area contributed by atoms with Gasteiger partial charge in [-0.05, 0) is 63.2 Å². The molecule has 340 valence electrons. The molecule has 0 aliphatic carbocycles. The fourth-order valence-electron chi connectivity index (χ4n) is 4.36. The lowest BCUT2D eigenvalue weighted by molar-refractivity contribution is -0.385. The highest BCUT2D eigenvalue weighted by atomic mass is 35.5. The van der Waals surface area contributed by atoms with E-state index in [9.17, 15) is 59.4 Å². The number of ether oxygens (including phenoxy) is 3. The van der Waals surface area contributed by atoms with Gasteiger partial charge in [0, 0.05) is 24.0 Å². The monoisotopic (exact) mass is 955 g/mol. The van der Waals surface area contributed by atoms with Crippen LogP contribution in [0.25, 0.3) is 5.78 Å². The number of halogens is 6. The number of aliphatic carboxylic acids is 1. The topological polar surface area (TPSA) is 301 Å². The number of alkyl halides is 3. The standard InChI is InChI=1S/C19H15ClF3NO7.C12H9F2N5O2S.C3H8NO5P/c1-3-29-17(25)10(2)30-18(26)13-9-12(5-6-15(13)24(27)28)31-16-7-4-11(8-14(16)20)19(21,22)23;1-7-5-6-19-11(15-7)16-12(17-19)22(20,21)18-10-8(13)3-2-4-9(10)14;5-3(6)1-4-2-10(7,8)9/h4-10H,3H2,1-2H3;2-6,18H,1H3;4H,1-2H2,(H,5,6)(H2,7,8,9). The Kier molecular flexibility index (Phi) is 17.5. The number of anilines is 1. The summed E-state index contributed by atoms with van der Waals surface area (Å²) in [5.41, 5.74) is -2.33. The second-order valence-corrected chi connectivity index (χ2v) is 15.7. The van der Waals surface area contributed by atoms with Crippen molar-refractivity contribution in [2.75, 3.05) is 24.2 Å². The zero-order chi connectivity index (χ0) is 47.4. The van der Waals surface area contributed by atoms with Crippen LogP contribution in [0.15, 0.2) is 72.0 Å². The van der Waals surface area contributed by atoms with Crippen molar-refractivity contribution in [2.45, 2.75) is 38.2 Å². The highest BCUT2D eigenvalue weighted by molar-refractivity contribution is 7.92. The molecular formula is C34H32ClF5N7O14PS. The molecular weight excluding hydrogens is 924 g/mol. The van der Waals surface area contributed by atoms with Crippen molar-refractivity contribution in [1.29, 1.82) is 0 Å². The third-order valence-corrected chi connectivity index (χ3v) is 9.19. The lowest BCUT2D eigenvalue weighted by atomic mass is 10.1. The Labute approximate surface area is 356 Å². The van der Waals surface area contributed by atoms with E-state index in [1.165, 1.54) is 13.1 Å². The van der Waals surface area contributed by atoms with E-state index in [1.54, 1.807) is 24.6 Å². The summed E-state index contributed by atoms with van der Waals surface area (Å²) in [6.45, 7) is 4.08. The third kappa shape index (κ3) is 15.5. The fraction of sp³-hybridized carbons (Fsp3) is 0.235. The summed E-state index contributed by atoms with van der Waals surface area (Å²) >= 11 is 5.83. The summed E-state index contributed by atoms with van der Waals surface area (Å²) < 4.78 is 118. The number of nitrogens with one attached hydrogen (secondary N) is 2. The number of benzene rings is 3. The number of hydrogen-bond acceptors (Lipinski definition) is 15. The quantitative estimate of drug-likeness (QED) is 0.0303. The Morgan fingerprint density at radius 3 is 2.25 bits per heavy atom. The van der Waals surface area contributed by atoms with E-state index in [0.29, 0.717) is 11.8 Å². The normalized spacial score (nSPS) is 11.9. The molecule has 5 aromatic rings. The molecule has 1 atom stereocenters. The van der Waals surface area contributed by atoms with Gasteiger partial charge in [0.1, 0.15) is 34.4 Å². The van der Waals surface area contributed by atoms with Gasteiger partial charge in [-0.3, -0.25) is 29.5 Å². The van der Waals surface area contributed by atoms with Crippen molar-refractivity contribution in [3.63, 3.8) is 0 Å². The zero-order valence-corrected chi connectivity index (χ0v) is 34.7. The molecule has 0 bridgehead atoms. The van der Waals surface area contributed by atoms with Crippen LogP contribution in [0.1, 0.15) is 35.5 Å². The van der Waals surface area contributed by atoms with Gasteiger partial charge >= 0.3 is 31.7 Å². The molecule has 0 spiro atoms. The Bertz CT molecular complexity index is 2630. The number of carbonyl (C=O) groups excluding carboxylic acids is 2. The largest absolute Gasteiger partial charge is 0.480 e. The van der Waals surface area contributed by atoms with Gasteiger partial charge in [0.2, 0.25) is 0 Å². The van der Waals surface area contributed by atoms with Crippen LogP contribution < -0.4 is 14.8 Å². The van der Waals surface area contributed by atoms with Crippen LogP contribution in [0.5, 0.6) is 11.5 Å². The number of nitro groups is 1. The van der Waals surface area contributed by atoms with Crippen LogP contribution in [0, 0.1) is 28.7 Å². The predicted molar refractivity (Wildman–Crippen MR) is 206 cm³/mol. The summed E-state index contributed by atoms with van der Waals surface area (Å²) in [7, 11) is -8.44. The maximum Gasteiger partial charge on any atom is 0.416 e. The molecule has 0 radical (unpaired) electrons.